The zero-order chi connectivity index (χ0) is 11.4. The van der Waals surface area contributed by atoms with Crippen molar-refractivity contribution in [2.75, 3.05) is 12.3 Å². The Bertz CT molecular complexity index is 285. The first-order valence-electron chi connectivity index (χ1n) is 4.53. The molecule has 0 fully saturated rings. The molecule has 0 saturated carbocycles. The highest BCUT2D eigenvalue weighted by Gasteiger charge is 2.27. The minimum absolute atomic E-state index is 0.0433. The third-order valence-corrected chi connectivity index (χ3v) is 3.84. The standard InChI is InChI=1S/C8H18N2O3S/c1-6(2)10-8(11)7(3)14(12,13)5-4-9/h6-7H,4-5,9H2,1-3H3,(H,10,11). The van der Waals surface area contributed by atoms with Gasteiger partial charge in [0.1, 0.15) is 5.25 Å². The van der Waals surface area contributed by atoms with Crippen molar-refractivity contribution in [2.24, 2.45) is 5.73 Å². The summed E-state index contributed by atoms with van der Waals surface area (Å²) in [5.41, 5.74) is 5.14. The smallest absolute Gasteiger partial charge is 0.238 e. The van der Waals surface area contributed by atoms with Crippen molar-refractivity contribution < 1.29 is 13.2 Å². The molecule has 0 aliphatic rings. The molecule has 1 atom stereocenters. The van der Waals surface area contributed by atoms with Gasteiger partial charge in [0.05, 0.1) is 5.75 Å². The Kier molecular flexibility index (Phi) is 5.07. The predicted molar refractivity (Wildman–Crippen MR) is 55.6 cm³/mol. The summed E-state index contributed by atoms with van der Waals surface area (Å²) in [4.78, 5) is 11.3. The summed E-state index contributed by atoms with van der Waals surface area (Å²) in [6.07, 6.45) is 0. The maximum Gasteiger partial charge on any atom is 0.238 e. The number of amides is 1. The molecule has 0 spiro atoms. The number of rotatable bonds is 5. The van der Waals surface area contributed by atoms with Crippen LogP contribution in [-0.4, -0.2) is 37.9 Å². The molecule has 14 heavy (non-hydrogen) atoms. The molecule has 0 radical (unpaired) electrons. The highest BCUT2D eigenvalue weighted by molar-refractivity contribution is 7.92. The summed E-state index contributed by atoms with van der Waals surface area (Å²) in [7, 11) is -3.39. The van der Waals surface area contributed by atoms with Crippen LogP contribution in [0, 0.1) is 0 Å². The van der Waals surface area contributed by atoms with Crippen LogP contribution in [0.3, 0.4) is 0 Å². The van der Waals surface area contributed by atoms with Gasteiger partial charge in [0, 0.05) is 12.6 Å². The monoisotopic (exact) mass is 222 g/mol. The maximum atomic E-state index is 11.4. The fourth-order valence-corrected chi connectivity index (χ4v) is 1.98. The molecule has 0 aromatic carbocycles. The van der Waals surface area contributed by atoms with E-state index in [9.17, 15) is 13.2 Å². The third-order valence-electron chi connectivity index (χ3n) is 1.74. The largest absolute Gasteiger partial charge is 0.353 e. The van der Waals surface area contributed by atoms with Gasteiger partial charge < -0.3 is 11.1 Å². The second-order valence-corrected chi connectivity index (χ2v) is 5.90. The van der Waals surface area contributed by atoms with Crippen LogP contribution in [0.4, 0.5) is 0 Å². The van der Waals surface area contributed by atoms with E-state index in [1.54, 1.807) is 13.8 Å². The molecule has 0 aliphatic carbocycles. The Morgan fingerprint density at radius 3 is 2.21 bits per heavy atom. The minimum Gasteiger partial charge on any atom is -0.353 e. The lowest BCUT2D eigenvalue weighted by atomic mass is 10.3. The zero-order valence-electron chi connectivity index (χ0n) is 8.78. The Labute approximate surface area is 85.0 Å². The van der Waals surface area contributed by atoms with E-state index in [1.807, 2.05) is 0 Å². The summed E-state index contributed by atoms with van der Waals surface area (Å²) in [5, 5.41) is 1.53. The molecule has 3 N–H and O–H groups in total. The van der Waals surface area contributed by atoms with E-state index < -0.39 is 21.0 Å². The molecule has 0 saturated heterocycles. The van der Waals surface area contributed by atoms with Crippen LogP contribution in [-0.2, 0) is 14.6 Å². The SMILES string of the molecule is CC(C)NC(=O)C(C)S(=O)(=O)CCN. The zero-order valence-corrected chi connectivity index (χ0v) is 9.60. The van der Waals surface area contributed by atoms with Gasteiger partial charge in [-0.15, -0.1) is 0 Å². The van der Waals surface area contributed by atoms with Crippen LogP contribution in [0.2, 0.25) is 0 Å². The summed E-state index contributed by atoms with van der Waals surface area (Å²) < 4.78 is 22.8. The molecule has 6 heteroatoms. The minimum atomic E-state index is -3.39. The normalized spacial score (nSPS) is 14.1. The van der Waals surface area contributed by atoms with Crippen LogP contribution >= 0.6 is 0 Å². The number of hydrogen-bond acceptors (Lipinski definition) is 4. The quantitative estimate of drug-likeness (QED) is 0.642. The van der Waals surface area contributed by atoms with Gasteiger partial charge in [0.2, 0.25) is 5.91 Å². The molecule has 1 unspecified atom stereocenters. The lowest BCUT2D eigenvalue weighted by molar-refractivity contribution is -0.120. The third kappa shape index (κ3) is 4.06. The average molecular weight is 222 g/mol. The van der Waals surface area contributed by atoms with Crippen LogP contribution in [0.25, 0.3) is 0 Å². The van der Waals surface area contributed by atoms with E-state index >= 15 is 0 Å². The number of hydrogen-bond donors (Lipinski definition) is 2. The van der Waals surface area contributed by atoms with E-state index in [-0.39, 0.29) is 18.3 Å². The molecule has 5 nitrogen and oxygen atoms in total. The van der Waals surface area contributed by atoms with Gasteiger partial charge >= 0.3 is 0 Å². The van der Waals surface area contributed by atoms with Crippen molar-refractivity contribution in [3.8, 4) is 0 Å². The second kappa shape index (κ2) is 5.31. The Hall–Kier alpha value is -0.620. The van der Waals surface area contributed by atoms with Crippen molar-refractivity contribution >= 4 is 15.7 Å². The van der Waals surface area contributed by atoms with E-state index in [1.165, 1.54) is 6.92 Å². The molecular formula is C8H18N2O3S. The number of nitrogens with one attached hydrogen (secondary N) is 1. The van der Waals surface area contributed by atoms with E-state index in [0.717, 1.165) is 0 Å². The Morgan fingerprint density at radius 1 is 1.36 bits per heavy atom. The summed E-state index contributed by atoms with van der Waals surface area (Å²) in [5.74, 6) is -0.617. The summed E-state index contributed by atoms with van der Waals surface area (Å²) >= 11 is 0. The van der Waals surface area contributed by atoms with Gasteiger partial charge in [-0.05, 0) is 20.8 Å². The number of nitrogens with two attached hydrogens (primary N) is 1. The first kappa shape index (κ1) is 13.4. The van der Waals surface area contributed by atoms with Crippen molar-refractivity contribution in [3.05, 3.63) is 0 Å². The van der Waals surface area contributed by atoms with Crippen LogP contribution in [0.15, 0.2) is 0 Å². The van der Waals surface area contributed by atoms with Gasteiger partial charge in [-0.2, -0.15) is 0 Å². The molecule has 1 amide bonds. The molecule has 0 heterocycles. The number of carbonyl (C=O) groups is 1. The Morgan fingerprint density at radius 2 is 1.86 bits per heavy atom. The first-order valence-corrected chi connectivity index (χ1v) is 6.24. The molecule has 84 valence electrons. The summed E-state index contributed by atoms with van der Waals surface area (Å²) in [6.45, 7) is 4.98. The fraction of sp³-hybridized carbons (Fsp3) is 0.875. The average Bonchev–Trinajstić information content (AvgIpc) is 2.01. The molecule has 0 aromatic heterocycles. The van der Waals surface area contributed by atoms with E-state index in [4.69, 9.17) is 5.73 Å². The lowest BCUT2D eigenvalue weighted by Crippen LogP contribution is -2.42. The van der Waals surface area contributed by atoms with Gasteiger partial charge in [0.15, 0.2) is 9.84 Å². The molecule has 0 rings (SSSR count). The van der Waals surface area contributed by atoms with Crippen LogP contribution in [0.5, 0.6) is 0 Å². The van der Waals surface area contributed by atoms with Crippen molar-refractivity contribution in [1.82, 2.24) is 5.32 Å². The van der Waals surface area contributed by atoms with Gasteiger partial charge in [-0.25, -0.2) is 8.42 Å². The highest BCUT2D eigenvalue weighted by Crippen LogP contribution is 2.01. The predicted octanol–water partition coefficient (Wildman–Crippen LogP) is -0.727. The van der Waals surface area contributed by atoms with E-state index in [0.29, 0.717) is 0 Å². The highest BCUT2D eigenvalue weighted by atomic mass is 32.2. The molecule has 0 bridgehead atoms. The topological polar surface area (TPSA) is 89.3 Å². The summed E-state index contributed by atoms with van der Waals surface area (Å²) in [6, 6.07) is -0.0574. The van der Waals surface area contributed by atoms with Gasteiger partial charge in [0.25, 0.3) is 0 Å². The van der Waals surface area contributed by atoms with Crippen LogP contribution < -0.4 is 11.1 Å². The molecule has 0 aromatic rings. The molecule has 0 aliphatic heterocycles. The Balaban J connectivity index is 4.46. The maximum absolute atomic E-state index is 11.4. The van der Waals surface area contributed by atoms with Gasteiger partial charge in [-0.3, -0.25) is 4.79 Å². The number of carbonyl (C=O) groups excluding carboxylic acids is 1. The second-order valence-electron chi connectivity index (χ2n) is 3.46. The fourth-order valence-electron chi connectivity index (χ4n) is 0.906. The van der Waals surface area contributed by atoms with Crippen molar-refractivity contribution in [3.63, 3.8) is 0 Å². The van der Waals surface area contributed by atoms with Crippen molar-refractivity contribution in [2.45, 2.75) is 32.1 Å². The van der Waals surface area contributed by atoms with E-state index in [2.05, 4.69) is 5.32 Å². The molecular weight excluding hydrogens is 204 g/mol. The number of sulfone groups is 1. The van der Waals surface area contributed by atoms with Crippen molar-refractivity contribution in [1.29, 1.82) is 0 Å². The lowest BCUT2D eigenvalue weighted by Gasteiger charge is -2.14. The van der Waals surface area contributed by atoms with Crippen LogP contribution in [0.1, 0.15) is 20.8 Å². The first-order chi connectivity index (χ1) is 6.31. The van der Waals surface area contributed by atoms with Gasteiger partial charge in [-0.1, -0.05) is 0 Å².